The summed E-state index contributed by atoms with van der Waals surface area (Å²) in [5.41, 5.74) is 1.01. The molecule has 0 heterocycles. The topological polar surface area (TPSA) is 18.5 Å². The van der Waals surface area contributed by atoms with Gasteiger partial charge >= 0.3 is 6.18 Å². The zero-order chi connectivity index (χ0) is 19.3. The van der Waals surface area contributed by atoms with Crippen LogP contribution in [0.1, 0.15) is 5.56 Å². The zero-order valence-electron chi connectivity index (χ0n) is 15.7. The molecular weight excluding hydrogens is 361 g/mol. The maximum Gasteiger partial charge on any atom is 0.447 e. The van der Waals surface area contributed by atoms with Gasteiger partial charge in [0.25, 0.3) is 0 Å². The van der Waals surface area contributed by atoms with Crippen molar-refractivity contribution in [3.8, 4) is 0 Å². The lowest BCUT2D eigenvalue weighted by molar-refractivity contribution is -0.117. The average Bonchev–Trinajstić information content (AvgIpc) is 2.41. The molecule has 0 saturated heterocycles. The van der Waals surface area contributed by atoms with Crippen LogP contribution in [0.4, 0.5) is 13.2 Å². The quantitative estimate of drug-likeness (QED) is 0.312. The minimum atomic E-state index is -4.55. The summed E-state index contributed by atoms with van der Waals surface area (Å²) in [6, 6.07) is 9.54. The van der Waals surface area contributed by atoms with Crippen LogP contribution >= 0.6 is 0 Å². The molecule has 0 atom stereocenters. The van der Waals surface area contributed by atoms with Crippen LogP contribution in [0.15, 0.2) is 54.0 Å². The zero-order valence-corrected chi connectivity index (χ0v) is 17.7. The van der Waals surface area contributed by atoms with Crippen molar-refractivity contribution in [2.75, 3.05) is 0 Å². The number of benzene rings is 1. The molecule has 0 radical (unpaired) electrons. The van der Waals surface area contributed by atoms with Gasteiger partial charge in [-0.05, 0) is 57.3 Å². The van der Waals surface area contributed by atoms with Crippen LogP contribution < -0.4 is 0 Å². The van der Waals surface area contributed by atoms with E-state index in [1.54, 1.807) is 25.7 Å². The maximum absolute atomic E-state index is 13.4. The minimum absolute atomic E-state index is 0.216. The van der Waals surface area contributed by atoms with Crippen LogP contribution in [-0.2, 0) is 15.3 Å². The Labute approximate surface area is 150 Å². The predicted octanol–water partition coefficient (Wildman–Crippen LogP) is 6.26. The van der Waals surface area contributed by atoms with E-state index in [1.165, 1.54) is 0 Å². The average molecular weight is 389 g/mol. The van der Waals surface area contributed by atoms with E-state index in [2.05, 4.69) is 0 Å². The van der Waals surface area contributed by atoms with E-state index >= 15 is 0 Å². The summed E-state index contributed by atoms with van der Waals surface area (Å²) >= 11 is 0. The van der Waals surface area contributed by atoms with Gasteiger partial charge in [-0.25, -0.2) is 0 Å². The van der Waals surface area contributed by atoms with E-state index < -0.39 is 28.6 Å². The Morgan fingerprint density at radius 3 is 1.88 bits per heavy atom. The Bertz CT molecular complexity index is 610. The second-order valence-corrected chi connectivity index (χ2v) is 16.6. The lowest BCUT2D eigenvalue weighted by Crippen LogP contribution is -2.31. The largest absolute Gasteiger partial charge is 0.544 e. The third-order valence-electron chi connectivity index (χ3n) is 2.77. The van der Waals surface area contributed by atoms with E-state index in [1.807, 2.05) is 50.0 Å². The Balaban J connectivity index is 3.19. The van der Waals surface area contributed by atoms with E-state index in [0.29, 0.717) is 6.42 Å². The summed E-state index contributed by atoms with van der Waals surface area (Å²) in [6.45, 7) is 11.0. The monoisotopic (exact) mass is 388 g/mol. The van der Waals surface area contributed by atoms with Crippen molar-refractivity contribution in [1.82, 2.24) is 0 Å². The fourth-order valence-electron chi connectivity index (χ4n) is 1.94. The molecule has 2 nitrogen and oxygen atoms in total. The van der Waals surface area contributed by atoms with E-state index in [4.69, 9.17) is 8.85 Å². The SMILES string of the molecule is C[Si](C)(C)OC(=C\Cc1ccccc1)/C=C(/O[Si](C)(C)C)C(F)(F)F. The minimum Gasteiger partial charge on any atom is -0.544 e. The molecule has 1 aromatic carbocycles. The second-order valence-electron chi connectivity index (χ2n) is 7.73. The van der Waals surface area contributed by atoms with Crippen molar-refractivity contribution in [2.24, 2.45) is 0 Å². The predicted molar refractivity (Wildman–Crippen MR) is 101 cm³/mol. The molecule has 0 aliphatic carbocycles. The molecule has 0 amide bonds. The summed E-state index contributed by atoms with van der Waals surface area (Å²) in [5, 5.41) is 0. The Morgan fingerprint density at radius 1 is 0.920 bits per heavy atom. The number of allylic oxidation sites excluding steroid dienone is 3. The molecule has 1 aromatic rings. The highest BCUT2D eigenvalue weighted by Crippen LogP contribution is 2.31. The molecule has 0 aliphatic heterocycles. The van der Waals surface area contributed by atoms with Gasteiger partial charge in [0.05, 0.1) is 0 Å². The van der Waals surface area contributed by atoms with Gasteiger partial charge in [-0.3, -0.25) is 0 Å². The van der Waals surface area contributed by atoms with Crippen LogP contribution in [0, 0.1) is 0 Å². The van der Waals surface area contributed by atoms with Crippen LogP contribution in [0.3, 0.4) is 0 Å². The van der Waals surface area contributed by atoms with Gasteiger partial charge in [-0.15, -0.1) is 0 Å². The molecule has 0 N–H and O–H groups in total. The van der Waals surface area contributed by atoms with Crippen molar-refractivity contribution < 1.29 is 22.0 Å². The molecule has 0 saturated carbocycles. The third kappa shape index (κ3) is 9.55. The van der Waals surface area contributed by atoms with Crippen molar-refractivity contribution in [2.45, 2.75) is 51.9 Å². The Morgan fingerprint density at radius 2 is 1.44 bits per heavy atom. The Kier molecular flexibility index (Phi) is 7.13. The van der Waals surface area contributed by atoms with Gasteiger partial charge in [0.15, 0.2) is 5.76 Å². The molecule has 140 valence electrons. The first-order valence-corrected chi connectivity index (χ1v) is 15.0. The molecule has 0 bridgehead atoms. The first-order valence-electron chi connectivity index (χ1n) is 8.17. The molecule has 0 fully saturated rings. The summed E-state index contributed by atoms with van der Waals surface area (Å²) in [6.07, 6.45) is -1.36. The smallest absolute Gasteiger partial charge is 0.447 e. The molecule has 7 heteroatoms. The van der Waals surface area contributed by atoms with Crippen molar-refractivity contribution in [3.05, 3.63) is 59.6 Å². The normalized spacial score (nSPS) is 14.4. The van der Waals surface area contributed by atoms with Gasteiger partial charge in [-0.2, -0.15) is 13.2 Å². The van der Waals surface area contributed by atoms with Crippen LogP contribution in [-0.4, -0.2) is 22.8 Å². The molecule has 25 heavy (non-hydrogen) atoms. The number of halogens is 3. The van der Waals surface area contributed by atoms with Crippen molar-refractivity contribution >= 4 is 16.6 Å². The second kappa shape index (κ2) is 8.27. The number of hydrogen-bond donors (Lipinski definition) is 0. The van der Waals surface area contributed by atoms with E-state index in [9.17, 15) is 13.2 Å². The fourth-order valence-corrected chi connectivity index (χ4v) is 3.63. The van der Waals surface area contributed by atoms with Crippen LogP contribution in [0.5, 0.6) is 0 Å². The summed E-state index contributed by atoms with van der Waals surface area (Å²) < 4.78 is 51.2. The first-order chi connectivity index (χ1) is 11.3. The lowest BCUT2D eigenvalue weighted by Gasteiger charge is -2.25. The highest BCUT2D eigenvalue weighted by Gasteiger charge is 2.39. The number of alkyl halides is 3. The molecule has 0 aromatic heterocycles. The van der Waals surface area contributed by atoms with Gasteiger partial charge < -0.3 is 8.85 Å². The molecule has 0 spiro atoms. The first kappa shape index (κ1) is 21.6. The van der Waals surface area contributed by atoms with Gasteiger partial charge in [0.2, 0.25) is 16.6 Å². The van der Waals surface area contributed by atoms with E-state index in [-0.39, 0.29) is 5.76 Å². The summed E-state index contributed by atoms with van der Waals surface area (Å²) in [4.78, 5) is 0. The maximum atomic E-state index is 13.4. The van der Waals surface area contributed by atoms with Gasteiger partial charge in [0.1, 0.15) is 5.76 Å². The highest BCUT2D eigenvalue weighted by atomic mass is 28.4. The standard InChI is InChI=1S/C18H27F3O2Si2/c1-24(2,3)22-16(13-12-15-10-8-7-9-11-15)14-17(18(19,20)21)23-25(4,5)6/h7-11,13-14H,12H2,1-6H3/b16-13-,17-14+. The molecule has 1 rings (SSSR count). The van der Waals surface area contributed by atoms with Crippen LogP contribution in [0.25, 0.3) is 0 Å². The Hall–Kier alpha value is -1.48. The molecule has 0 aliphatic rings. The number of hydrogen-bond acceptors (Lipinski definition) is 2. The third-order valence-corrected chi connectivity index (χ3v) is 4.46. The highest BCUT2D eigenvalue weighted by molar-refractivity contribution is 6.70. The summed E-state index contributed by atoms with van der Waals surface area (Å²) in [7, 11) is -4.47. The molecule has 0 unspecified atom stereocenters. The van der Waals surface area contributed by atoms with Gasteiger partial charge in [0, 0.05) is 6.08 Å². The lowest BCUT2D eigenvalue weighted by atomic mass is 10.1. The van der Waals surface area contributed by atoms with Crippen molar-refractivity contribution in [3.63, 3.8) is 0 Å². The molecular formula is C18H27F3O2Si2. The summed E-state index contributed by atoms with van der Waals surface area (Å²) in [5.74, 6) is -0.766. The van der Waals surface area contributed by atoms with E-state index in [0.717, 1.165) is 11.6 Å². The fraction of sp³-hybridized carbons (Fsp3) is 0.444. The van der Waals surface area contributed by atoms with Gasteiger partial charge in [-0.1, -0.05) is 30.3 Å². The van der Waals surface area contributed by atoms with Crippen molar-refractivity contribution in [1.29, 1.82) is 0 Å². The number of rotatable bonds is 7. The van der Waals surface area contributed by atoms with Crippen LogP contribution in [0.2, 0.25) is 39.3 Å².